The van der Waals surface area contributed by atoms with Crippen LogP contribution in [0, 0.1) is 12.3 Å². The van der Waals surface area contributed by atoms with E-state index in [9.17, 15) is 31.2 Å². The van der Waals surface area contributed by atoms with E-state index in [1.165, 1.54) is 12.1 Å². The highest BCUT2D eigenvalue weighted by molar-refractivity contribution is 7.91. The fraction of sp³-hybridized carbons (Fsp3) is 0.300. The number of nitrogens with zero attached hydrogens (tertiary/aromatic N) is 1. The van der Waals surface area contributed by atoms with Gasteiger partial charge in [0.15, 0.2) is 0 Å². The van der Waals surface area contributed by atoms with Gasteiger partial charge in [0, 0.05) is 17.3 Å². The van der Waals surface area contributed by atoms with Crippen molar-refractivity contribution in [2.75, 3.05) is 17.9 Å². The average Bonchev–Trinajstić information content (AvgIpc) is 2.79. The second-order valence-corrected chi connectivity index (χ2v) is 9.44. The number of carbonyl (C=O) groups is 2. The first-order valence-corrected chi connectivity index (χ1v) is 12.3. The van der Waals surface area contributed by atoms with Gasteiger partial charge in [-0.2, -0.15) is 13.2 Å². The van der Waals surface area contributed by atoms with Crippen LogP contribution in [0.1, 0.15) is 11.3 Å². The number of halogens is 4. The van der Waals surface area contributed by atoms with Crippen molar-refractivity contribution < 1.29 is 41.1 Å². The number of nitrogens with one attached hydrogen (secondary N) is 4. The topological polar surface area (TPSA) is 206 Å². The van der Waals surface area contributed by atoms with E-state index in [1.807, 2.05) is 0 Å². The maximum atomic E-state index is 12.7. The summed E-state index contributed by atoms with van der Waals surface area (Å²) in [5.41, 5.74) is 7.34. The number of sulfonamides is 1. The molecule has 0 aliphatic rings. The molecule has 0 spiro atoms. The van der Waals surface area contributed by atoms with Crippen molar-refractivity contribution in [2.45, 2.75) is 25.4 Å². The lowest BCUT2D eigenvalue weighted by molar-refractivity contribution is -0.192. The number of carbonyl (C=O) groups excluding carboxylic acids is 1. The number of hydrogen-bond acceptors (Lipinski definition) is 7. The van der Waals surface area contributed by atoms with Gasteiger partial charge < -0.3 is 20.7 Å². The lowest BCUT2D eigenvalue weighted by Gasteiger charge is -2.14. The Morgan fingerprint density at radius 3 is 2.29 bits per heavy atom. The van der Waals surface area contributed by atoms with Crippen LogP contribution in [0.3, 0.4) is 0 Å². The number of aliphatic carboxylic acids is 1. The summed E-state index contributed by atoms with van der Waals surface area (Å²) in [6.07, 6.45) is -5.08. The van der Waals surface area contributed by atoms with E-state index in [2.05, 4.69) is 15.5 Å². The number of nitrogens with two attached hydrogens (primary N) is 1. The molecule has 18 heteroatoms. The Kier molecular flexibility index (Phi) is 12.0. The molecule has 1 aromatic carbocycles. The van der Waals surface area contributed by atoms with Crippen molar-refractivity contribution in [2.24, 2.45) is 5.73 Å². The number of pyridine rings is 1. The molecule has 7 N–H and O–H groups in total. The molecule has 38 heavy (non-hydrogen) atoms. The van der Waals surface area contributed by atoms with Crippen molar-refractivity contribution >= 4 is 45.1 Å². The van der Waals surface area contributed by atoms with Gasteiger partial charge in [0.25, 0.3) is 5.56 Å². The number of benzene rings is 1. The molecule has 0 saturated heterocycles. The summed E-state index contributed by atoms with van der Waals surface area (Å²) in [6, 6.07) is 9.20. The highest BCUT2D eigenvalue weighted by Crippen LogP contribution is 2.14. The van der Waals surface area contributed by atoms with Gasteiger partial charge in [-0.05, 0) is 36.8 Å². The predicted molar refractivity (Wildman–Crippen MR) is 131 cm³/mol. The number of guanidine groups is 1. The number of anilines is 1. The summed E-state index contributed by atoms with van der Waals surface area (Å²) in [4.78, 5) is 38.5. The first-order valence-electron chi connectivity index (χ1n) is 10.3. The number of amides is 1. The fourth-order valence-corrected chi connectivity index (χ4v) is 3.84. The fourth-order valence-electron chi connectivity index (χ4n) is 2.52. The second kappa shape index (κ2) is 14.2. The van der Waals surface area contributed by atoms with Gasteiger partial charge in [0.05, 0.1) is 12.4 Å². The van der Waals surface area contributed by atoms with Crippen LogP contribution in [0.25, 0.3) is 0 Å². The van der Waals surface area contributed by atoms with Crippen LogP contribution in [0.2, 0.25) is 5.02 Å². The molecule has 1 heterocycles. The zero-order chi connectivity index (χ0) is 29.1. The third kappa shape index (κ3) is 11.9. The summed E-state index contributed by atoms with van der Waals surface area (Å²) < 4.78 is 60.1. The zero-order valence-corrected chi connectivity index (χ0v) is 21.2. The average molecular weight is 585 g/mol. The van der Waals surface area contributed by atoms with E-state index in [0.29, 0.717) is 16.3 Å². The molecule has 0 unspecified atom stereocenters. The molecule has 0 atom stereocenters. The molecule has 1 amide bonds. The van der Waals surface area contributed by atoms with Gasteiger partial charge in [-0.25, -0.2) is 18.7 Å². The van der Waals surface area contributed by atoms with Crippen molar-refractivity contribution in [3.63, 3.8) is 0 Å². The van der Waals surface area contributed by atoms with E-state index >= 15 is 0 Å². The molecular weight excluding hydrogens is 561 g/mol. The van der Waals surface area contributed by atoms with Crippen LogP contribution in [0.5, 0.6) is 0 Å². The summed E-state index contributed by atoms with van der Waals surface area (Å²) >= 11 is 5.80. The molecule has 0 radical (unpaired) electrons. The SMILES string of the molecule is Cc1ccc(NS(=O)(=O)Cc2ccc(Cl)cc2)c(=O)n1CC(=O)NCCONC(=N)N.O=C(O)C(F)(F)F. The number of carboxylic acids is 1. The van der Waals surface area contributed by atoms with Gasteiger partial charge in [0.2, 0.25) is 21.9 Å². The molecule has 0 bridgehead atoms. The number of hydroxylamine groups is 1. The monoisotopic (exact) mass is 584 g/mol. The maximum Gasteiger partial charge on any atom is 0.490 e. The van der Waals surface area contributed by atoms with E-state index in [0.717, 1.165) is 4.57 Å². The first-order chi connectivity index (χ1) is 17.5. The first kappa shape index (κ1) is 32.2. The van der Waals surface area contributed by atoms with Gasteiger partial charge in [-0.3, -0.25) is 24.6 Å². The van der Waals surface area contributed by atoms with Crippen molar-refractivity contribution in [3.8, 4) is 0 Å². The minimum Gasteiger partial charge on any atom is -0.475 e. The van der Waals surface area contributed by atoms with E-state index < -0.39 is 33.6 Å². The number of aryl methyl sites for hydroxylation is 1. The summed E-state index contributed by atoms with van der Waals surface area (Å²) in [5.74, 6) is -3.94. The summed E-state index contributed by atoms with van der Waals surface area (Å²) in [5, 5.41) is 17.1. The molecule has 2 rings (SSSR count). The van der Waals surface area contributed by atoms with Crippen LogP contribution in [0.4, 0.5) is 18.9 Å². The number of carboxylic acid groups (broad SMARTS) is 1. The lowest BCUT2D eigenvalue weighted by atomic mass is 10.2. The standard InChI is InChI=1S/C18H23ClN6O5S.C2HF3O2/c1-12-2-7-15(24-31(28,29)11-13-3-5-14(19)6-4-13)17(27)25(12)10-16(26)22-8-9-30-23-18(20)21;3-2(4,5)1(6)7/h2-7,24H,8-11H2,1H3,(H,22,26)(H4,20,21,23);(H,6,7). The summed E-state index contributed by atoms with van der Waals surface area (Å²) in [7, 11) is -3.87. The van der Waals surface area contributed by atoms with Crippen LogP contribution >= 0.6 is 11.6 Å². The Hall–Kier alpha value is -3.83. The molecule has 210 valence electrons. The normalized spacial score (nSPS) is 11.1. The van der Waals surface area contributed by atoms with Crippen LogP contribution in [-0.2, 0) is 36.7 Å². The molecule has 1 aromatic heterocycles. The molecule has 0 aliphatic heterocycles. The lowest BCUT2D eigenvalue weighted by Crippen LogP contribution is -2.37. The second-order valence-electron chi connectivity index (χ2n) is 7.28. The van der Waals surface area contributed by atoms with E-state index in [1.54, 1.807) is 31.2 Å². The van der Waals surface area contributed by atoms with Gasteiger partial charge in [-0.15, -0.1) is 0 Å². The van der Waals surface area contributed by atoms with Crippen molar-refractivity contribution in [1.82, 2.24) is 15.4 Å². The van der Waals surface area contributed by atoms with Gasteiger partial charge in [0.1, 0.15) is 12.2 Å². The van der Waals surface area contributed by atoms with Crippen LogP contribution in [-0.4, -0.2) is 55.3 Å². The third-order valence-electron chi connectivity index (χ3n) is 4.18. The van der Waals surface area contributed by atoms with Crippen molar-refractivity contribution in [1.29, 1.82) is 5.41 Å². The number of rotatable bonds is 10. The molecule has 0 aliphatic carbocycles. The Morgan fingerprint density at radius 1 is 1.18 bits per heavy atom. The van der Waals surface area contributed by atoms with E-state index in [4.69, 9.17) is 37.5 Å². The van der Waals surface area contributed by atoms with Gasteiger partial charge in [-0.1, -0.05) is 23.7 Å². The number of hydrogen-bond donors (Lipinski definition) is 6. The Bertz CT molecular complexity index is 1300. The minimum atomic E-state index is -5.08. The highest BCUT2D eigenvalue weighted by atomic mass is 35.5. The molecular formula is C20H24ClF3N6O7S. The van der Waals surface area contributed by atoms with Crippen molar-refractivity contribution in [3.05, 3.63) is 63.0 Å². The van der Waals surface area contributed by atoms with E-state index in [-0.39, 0.29) is 37.1 Å². The zero-order valence-electron chi connectivity index (χ0n) is 19.6. The smallest absolute Gasteiger partial charge is 0.475 e. The largest absolute Gasteiger partial charge is 0.490 e. The minimum absolute atomic E-state index is 0.0454. The molecule has 13 nitrogen and oxygen atoms in total. The third-order valence-corrected chi connectivity index (χ3v) is 5.68. The molecule has 2 aromatic rings. The van der Waals surface area contributed by atoms with Crippen LogP contribution in [0.15, 0.2) is 41.2 Å². The molecule has 0 saturated carbocycles. The molecule has 0 fully saturated rings. The highest BCUT2D eigenvalue weighted by Gasteiger charge is 2.38. The maximum absolute atomic E-state index is 12.7. The Labute approximate surface area is 219 Å². The number of aromatic nitrogens is 1. The Balaban J connectivity index is 0.000000905. The predicted octanol–water partition coefficient (Wildman–Crippen LogP) is 0.916. The van der Waals surface area contributed by atoms with Gasteiger partial charge >= 0.3 is 12.1 Å². The Morgan fingerprint density at radius 2 is 1.76 bits per heavy atom. The number of alkyl halides is 3. The van der Waals surface area contributed by atoms with Crippen LogP contribution < -0.4 is 26.8 Å². The quantitative estimate of drug-likeness (QED) is 0.101. The summed E-state index contributed by atoms with van der Waals surface area (Å²) in [6.45, 7) is 1.47.